The van der Waals surface area contributed by atoms with Gasteiger partial charge in [0.25, 0.3) is 5.91 Å². The fourth-order valence-electron chi connectivity index (χ4n) is 3.71. The molecule has 9 heteroatoms. The molecule has 1 heterocycles. The second kappa shape index (κ2) is 9.19. The number of thiophene rings is 1. The average Bonchev–Trinajstić information content (AvgIpc) is 3.17. The summed E-state index contributed by atoms with van der Waals surface area (Å²) in [4.78, 5) is 29.4. The number of nitrogens with zero attached hydrogens (tertiary/aromatic N) is 2. The molecular formula is C23H21N3O5S. The molecule has 164 valence electrons. The maximum atomic E-state index is 13.1. The molecule has 0 saturated heterocycles. The topological polar surface area (TPSA) is 114 Å². The number of fused-ring (bicyclic) bond motifs is 1. The zero-order valence-electron chi connectivity index (χ0n) is 17.3. The van der Waals surface area contributed by atoms with E-state index in [-0.39, 0.29) is 11.7 Å². The van der Waals surface area contributed by atoms with Crippen molar-refractivity contribution in [2.24, 2.45) is 4.99 Å². The largest absolute Gasteiger partial charge is 0.500 e. The maximum absolute atomic E-state index is 13.1. The van der Waals surface area contributed by atoms with Crippen LogP contribution in [0, 0.1) is 10.1 Å². The number of aromatic hydroxyl groups is 1. The molecule has 0 spiro atoms. The van der Waals surface area contributed by atoms with Gasteiger partial charge in [-0.2, -0.15) is 0 Å². The Morgan fingerprint density at radius 3 is 2.72 bits per heavy atom. The van der Waals surface area contributed by atoms with Crippen molar-refractivity contribution in [3.05, 3.63) is 74.1 Å². The standard InChI is InChI=1S/C23H21N3O5S/c1-31-18-12-14(11-17(21(18)27)26(29)30)13-24-23-20(16-9-5-6-10-19(16)32-23)22(28)25-15-7-3-2-4-8-15/h2-4,7-8,11-13,27H,5-6,9-10H2,1H3,(H,25,28). The second-order valence-electron chi connectivity index (χ2n) is 7.32. The van der Waals surface area contributed by atoms with Gasteiger partial charge in [-0.15, -0.1) is 11.3 Å². The van der Waals surface area contributed by atoms with Crippen molar-refractivity contribution in [1.82, 2.24) is 0 Å². The lowest BCUT2D eigenvalue weighted by molar-refractivity contribution is -0.386. The first-order valence-corrected chi connectivity index (χ1v) is 10.9. The molecule has 8 nitrogen and oxygen atoms in total. The number of aryl methyl sites for hydroxylation is 1. The van der Waals surface area contributed by atoms with Gasteiger partial charge < -0.3 is 15.2 Å². The molecule has 0 aliphatic heterocycles. The Labute approximate surface area is 188 Å². The highest BCUT2D eigenvalue weighted by Crippen LogP contribution is 2.41. The van der Waals surface area contributed by atoms with Gasteiger partial charge in [0, 0.05) is 28.4 Å². The number of carbonyl (C=O) groups excluding carboxylic acids is 1. The minimum absolute atomic E-state index is 0.0202. The van der Waals surface area contributed by atoms with Crippen LogP contribution in [0.3, 0.4) is 0 Å². The van der Waals surface area contributed by atoms with Gasteiger partial charge in [0.15, 0.2) is 5.75 Å². The summed E-state index contributed by atoms with van der Waals surface area (Å²) < 4.78 is 5.05. The highest BCUT2D eigenvalue weighted by molar-refractivity contribution is 7.16. The lowest BCUT2D eigenvalue weighted by atomic mass is 9.95. The summed E-state index contributed by atoms with van der Waals surface area (Å²) in [6.45, 7) is 0. The molecule has 0 radical (unpaired) electrons. The van der Waals surface area contributed by atoms with Crippen LogP contribution in [-0.4, -0.2) is 29.3 Å². The smallest absolute Gasteiger partial charge is 0.315 e. The first-order valence-electron chi connectivity index (χ1n) is 10.1. The molecule has 2 N–H and O–H groups in total. The summed E-state index contributed by atoms with van der Waals surface area (Å²) in [6, 6.07) is 11.9. The first-order chi connectivity index (χ1) is 15.5. The molecule has 0 fully saturated rings. The van der Waals surface area contributed by atoms with Crippen LogP contribution in [-0.2, 0) is 12.8 Å². The summed E-state index contributed by atoms with van der Waals surface area (Å²) in [5.74, 6) is -0.783. The predicted octanol–water partition coefficient (Wildman–Crippen LogP) is 5.25. The van der Waals surface area contributed by atoms with Crippen molar-refractivity contribution < 1.29 is 19.6 Å². The first kappa shape index (κ1) is 21.5. The summed E-state index contributed by atoms with van der Waals surface area (Å²) in [5, 5.41) is 24.7. The number of hydrogen-bond acceptors (Lipinski definition) is 7. The second-order valence-corrected chi connectivity index (χ2v) is 8.40. The summed E-state index contributed by atoms with van der Waals surface area (Å²) in [7, 11) is 1.32. The number of phenols is 1. The van der Waals surface area contributed by atoms with E-state index in [9.17, 15) is 20.0 Å². The molecule has 1 aromatic heterocycles. The Morgan fingerprint density at radius 2 is 2.00 bits per heavy atom. The highest BCUT2D eigenvalue weighted by Gasteiger charge is 2.25. The van der Waals surface area contributed by atoms with Gasteiger partial charge >= 0.3 is 5.69 Å². The Hall–Kier alpha value is -3.72. The molecule has 2 aromatic carbocycles. The zero-order chi connectivity index (χ0) is 22.7. The van der Waals surface area contributed by atoms with Crippen LogP contribution >= 0.6 is 11.3 Å². The number of aliphatic imine (C=N–C) groups is 1. The van der Waals surface area contributed by atoms with Gasteiger partial charge in [0.2, 0.25) is 5.75 Å². The van der Waals surface area contributed by atoms with E-state index in [2.05, 4.69) is 10.3 Å². The number of ether oxygens (including phenoxy) is 1. The summed E-state index contributed by atoms with van der Waals surface area (Å²) in [5.41, 5.74) is 2.17. The fourth-order valence-corrected chi connectivity index (χ4v) is 4.94. The van der Waals surface area contributed by atoms with Crippen LogP contribution in [0.5, 0.6) is 11.5 Å². The lowest BCUT2D eigenvalue weighted by Gasteiger charge is -2.12. The Bertz CT molecular complexity index is 1200. The van der Waals surface area contributed by atoms with Crippen molar-refractivity contribution in [1.29, 1.82) is 0 Å². The van der Waals surface area contributed by atoms with Crippen molar-refractivity contribution >= 4 is 39.8 Å². The number of nitro groups is 1. The molecule has 0 atom stereocenters. The van der Waals surface area contributed by atoms with E-state index in [1.807, 2.05) is 30.3 Å². The normalized spacial score (nSPS) is 13.0. The van der Waals surface area contributed by atoms with Gasteiger partial charge in [-0.1, -0.05) is 18.2 Å². The maximum Gasteiger partial charge on any atom is 0.315 e. The number of benzene rings is 2. The summed E-state index contributed by atoms with van der Waals surface area (Å²) in [6.07, 6.45) is 5.25. The minimum atomic E-state index is -0.683. The number of amides is 1. The Morgan fingerprint density at radius 1 is 1.25 bits per heavy atom. The van der Waals surface area contributed by atoms with Gasteiger partial charge in [0.05, 0.1) is 17.6 Å². The van der Waals surface area contributed by atoms with Crippen molar-refractivity contribution in [3.8, 4) is 11.5 Å². The fraction of sp³-hybridized carbons (Fsp3) is 0.217. The SMILES string of the molecule is COc1cc(C=Nc2sc3c(c2C(=O)Nc2ccccc2)CCCC3)cc([N+](=O)[O-])c1O. The molecule has 1 aliphatic carbocycles. The van der Waals surface area contributed by atoms with E-state index in [1.165, 1.54) is 36.8 Å². The van der Waals surface area contributed by atoms with Crippen LogP contribution in [0.25, 0.3) is 0 Å². The summed E-state index contributed by atoms with van der Waals surface area (Å²) >= 11 is 1.47. The van der Waals surface area contributed by atoms with Crippen molar-refractivity contribution in [2.75, 3.05) is 12.4 Å². The predicted molar refractivity (Wildman–Crippen MR) is 124 cm³/mol. The van der Waals surface area contributed by atoms with Crippen molar-refractivity contribution in [2.45, 2.75) is 25.7 Å². The van der Waals surface area contributed by atoms with Crippen LogP contribution in [0.15, 0.2) is 47.5 Å². The number of para-hydroxylation sites is 1. The van der Waals surface area contributed by atoms with Crippen LogP contribution < -0.4 is 10.1 Å². The van der Waals surface area contributed by atoms with E-state index in [4.69, 9.17) is 4.74 Å². The number of hydrogen-bond donors (Lipinski definition) is 2. The quantitative estimate of drug-likeness (QED) is 0.302. The number of anilines is 1. The van der Waals surface area contributed by atoms with Crippen molar-refractivity contribution in [3.63, 3.8) is 0 Å². The third-order valence-corrected chi connectivity index (χ3v) is 6.44. The molecule has 0 saturated carbocycles. The monoisotopic (exact) mass is 451 g/mol. The molecule has 1 amide bonds. The molecular weight excluding hydrogens is 430 g/mol. The average molecular weight is 452 g/mol. The molecule has 4 rings (SSSR count). The Kier molecular flexibility index (Phi) is 6.18. The number of nitrogens with one attached hydrogen (secondary N) is 1. The molecule has 1 aliphatic rings. The number of carbonyl (C=O) groups is 1. The van der Waals surface area contributed by atoms with E-state index in [0.29, 0.717) is 21.8 Å². The Balaban J connectivity index is 1.72. The number of rotatable bonds is 6. The van der Waals surface area contributed by atoms with Gasteiger partial charge in [-0.3, -0.25) is 14.9 Å². The van der Waals surface area contributed by atoms with E-state index in [1.54, 1.807) is 0 Å². The molecule has 0 bridgehead atoms. The van der Waals surface area contributed by atoms with Crippen LogP contribution in [0.2, 0.25) is 0 Å². The van der Waals surface area contributed by atoms with Crippen LogP contribution in [0.1, 0.15) is 39.2 Å². The third-order valence-electron chi connectivity index (χ3n) is 5.24. The zero-order valence-corrected chi connectivity index (χ0v) is 18.1. The minimum Gasteiger partial charge on any atom is -0.500 e. The van der Waals surface area contributed by atoms with E-state index < -0.39 is 16.4 Å². The van der Waals surface area contributed by atoms with Gasteiger partial charge in [-0.05, 0) is 49.4 Å². The van der Waals surface area contributed by atoms with Gasteiger partial charge in [0.1, 0.15) is 5.00 Å². The third kappa shape index (κ3) is 4.33. The number of methoxy groups -OCH3 is 1. The number of nitro benzene ring substituents is 1. The molecule has 0 unspecified atom stereocenters. The van der Waals surface area contributed by atoms with Crippen LogP contribution in [0.4, 0.5) is 16.4 Å². The number of phenolic OH excluding ortho intramolecular Hbond substituents is 1. The van der Waals surface area contributed by atoms with Gasteiger partial charge in [-0.25, -0.2) is 4.99 Å². The highest BCUT2D eigenvalue weighted by atomic mass is 32.1. The molecule has 3 aromatic rings. The molecule has 32 heavy (non-hydrogen) atoms. The van der Waals surface area contributed by atoms with E-state index >= 15 is 0 Å². The van der Waals surface area contributed by atoms with E-state index in [0.717, 1.165) is 36.1 Å². The lowest BCUT2D eigenvalue weighted by Crippen LogP contribution is -2.14.